The number of nitrogens with two attached hydrogens (primary N) is 1. The maximum Gasteiger partial charge on any atom is 0.226 e. The van der Waals surface area contributed by atoms with Gasteiger partial charge in [0.1, 0.15) is 0 Å². The molecule has 2 unspecified atom stereocenters. The molecule has 1 amide bonds. The molecule has 0 aliphatic carbocycles. The van der Waals surface area contributed by atoms with Crippen LogP contribution in [-0.2, 0) is 4.79 Å². The van der Waals surface area contributed by atoms with E-state index in [1.165, 1.54) is 0 Å². The van der Waals surface area contributed by atoms with Gasteiger partial charge >= 0.3 is 0 Å². The fraction of sp³-hybridized carbons (Fsp3) is 0.875. The molecule has 1 rings (SSSR count). The zero-order chi connectivity index (χ0) is 8.43. The average molecular weight is 156 g/mol. The first-order valence-corrected chi connectivity index (χ1v) is 4.12. The predicted octanol–water partition coefficient (Wildman–Crippen LogP) is 0.0595. The van der Waals surface area contributed by atoms with E-state index in [1.807, 2.05) is 7.05 Å². The number of piperidine rings is 1. The van der Waals surface area contributed by atoms with Gasteiger partial charge in [0.05, 0.1) is 5.92 Å². The van der Waals surface area contributed by atoms with Crippen LogP contribution in [0.5, 0.6) is 0 Å². The number of nitrogens with zero attached hydrogens (tertiary/aromatic N) is 1. The predicted molar refractivity (Wildman–Crippen MR) is 44.0 cm³/mol. The van der Waals surface area contributed by atoms with Gasteiger partial charge in [0.2, 0.25) is 5.91 Å². The molecule has 1 saturated heterocycles. The molecule has 11 heavy (non-hydrogen) atoms. The maximum absolute atomic E-state index is 11.4. The minimum absolute atomic E-state index is 0.0637. The van der Waals surface area contributed by atoms with Crippen LogP contribution in [0.1, 0.15) is 13.3 Å². The topological polar surface area (TPSA) is 46.3 Å². The molecule has 1 aliphatic heterocycles. The summed E-state index contributed by atoms with van der Waals surface area (Å²) in [6.45, 7) is 3.48. The molecule has 0 radical (unpaired) electrons. The van der Waals surface area contributed by atoms with Crippen LogP contribution in [0.4, 0.5) is 0 Å². The van der Waals surface area contributed by atoms with Crippen molar-refractivity contribution in [3.8, 4) is 0 Å². The third-order valence-electron chi connectivity index (χ3n) is 2.55. The lowest BCUT2D eigenvalue weighted by Crippen LogP contribution is -2.45. The van der Waals surface area contributed by atoms with Crippen LogP contribution in [0.25, 0.3) is 0 Å². The van der Waals surface area contributed by atoms with E-state index < -0.39 is 0 Å². The van der Waals surface area contributed by atoms with Crippen LogP contribution >= 0.6 is 0 Å². The molecule has 3 heteroatoms. The highest BCUT2D eigenvalue weighted by molar-refractivity contribution is 5.79. The molecule has 1 fully saturated rings. The van der Waals surface area contributed by atoms with Crippen molar-refractivity contribution in [3.05, 3.63) is 0 Å². The zero-order valence-electron chi connectivity index (χ0n) is 7.21. The Morgan fingerprint density at radius 2 is 2.36 bits per heavy atom. The van der Waals surface area contributed by atoms with Crippen molar-refractivity contribution >= 4 is 5.91 Å². The molecule has 1 heterocycles. The molecule has 0 saturated carbocycles. The summed E-state index contributed by atoms with van der Waals surface area (Å²) in [5.41, 5.74) is 5.50. The van der Waals surface area contributed by atoms with Gasteiger partial charge in [0.15, 0.2) is 0 Å². The van der Waals surface area contributed by atoms with Crippen molar-refractivity contribution in [1.82, 2.24) is 4.90 Å². The van der Waals surface area contributed by atoms with Crippen LogP contribution in [-0.4, -0.2) is 30.9 Å². The average Bonchev–Trinajstić information content (AvgIpc) is 1.99. The van der Waals surface area contributed by atoms with Gasteiger partial charge in [-0.25, -0.2) is 0 Å². The Labute approximate surface area is 67.5 Å². The summed E-state index contributed by atoms with van der Waals surface area (Å²) in [6.07, 6.45) is 1.09. The van der Waals surface area contributed by atoms with Gasteiger partial charge in [-0.15, -0.1) is 0 Å². The molecule has 2 atom stereocenters. The Morgan fingerprint density at radius 3 is 2.82 bits per heavy atom. The Morgan fingerprint density at radius 1 is 1.73 bits per heavy atom. The fourth-order valence-electron chi connectivity index (χ4n) is 1.57. The van der Waals surface area contributed by atoms with Crippen molar-refractivity contribution < 1.29 is 4.79 Å². The van der Waals surface area contributed by atoms with E-state index in [-0.39, 0.29) is 11.8 Å². The van der Waals surface area contributed by atoms with Crippen molar-refractivity contribution in [3.63, 3.8) is 0 Å². The lowest BCUT2D eigenvalue weighted by atomic mass is 9.87. The van der Waals surface area contributed by atoms with Crippen molar-refractivity contribution in [2.24, 2.45) is 17.6 Å². The van der Waals surface area contributed by atoms with E-state index in [9.17, 15) is 4.79 Å². The highest BCUT2D eigenvalue weighted by atomic mass is 16.2. The highest BCUT2D eigenvalue weighted by Gasteiger charge is 2.30. The van der Waals surface area contributed by atoms with E-state index >= 15 is 0 Å². The minimum Gasteiger partial charge on any atom is -0.345 e. The van der Waals surface area contributed by atoms with E-state index in [1.54, 1.807) is 4.90 Å². The molecule has 3 nitrogen and oxygen atoms in total. The monoisotopic (exact) mass is 156 g/mol. The summed E-state index contributed by atoms with van der Waals surface area (Å²) in [5, 5.41) is 0. The first-order chi connectivity index (χ1) is 5.16. The number of rotatable bonds is 1. The number of carbonyl (C=O) groups excluding carboxylic acids is 1. The van der Waals surface area contributed by atoms with Crippen LogP contribution in [0.2, 0.25) is 0 Å². The quantitative estimate of drug-likeness (QED) is 0.583. The summed E-state index contributed by atoms with van der Waals surface area (Å²) in [5.74, 6) is 0.740. The molecule has 0 aromatic heterocycles. The first kappa shape index (κ1) is 8.53. The standard InChI is InChI=1S/C8H16N2O/c1-6-3-4-10(2)8(11)7(6)5-9/h6-7H,3-5,9H2,1-2H3. The number of likely N-dealkylation sites (tertiary alicyclic amines) is 1. The number of carbonyl (C=O) groups is 1. The number of hydrogen-bond donors (Lipinski definition) is 1. The Balaban J connectivity index is 2.63. The lowest BCUT2D eigenvalue weighted by Gasteiger charge is -2.33. The molecule has 0 spiro atoms. The van der Waals surface area contributed by atoms with Crippen molar-refractivity contribution in [1.29, 1.82) is 0 Å². The van der Waals surface area contributed by atoms with E-state index in [0.717, 1.165) is 13.0 Å². The molecular formula is C8H16N2O. The SMILES string of the molecule is CC1CCN(C)C(=O)C1CN. The summed E-state index contributed by atoms with van der Waals surface area (Å²) in [7, 11) is 1.84. The van der Waals surface area contributed by atoms with Crippen molar-refractivity contribution in [2.45, 2.75) is 13.3 Å². The van der Waals surface area contributed by atoms with Crippen LogP contribution in [0.3, 0.4) is 0 Å². The second-order valence-corrected chi connectivity index (χ2v) is 3.37. The van der Waals surface area contributed by atoms with E-state index in [2.05, 4.69) is 6.92 Å². The molecule has 1 aliphatic rings. The summed E-state index contributed by atoms with van der Waals surface area (Å²) in [6, 6.07) is 0. The fourth-order valence-corrected chi connectivity index (χ4v) is 1.57. The lowest BCUT2D eigenvalue weighted by molar-refractivity contribution is -0.138. The van der Waals surface area contributed by atoms with E-state index in [0.29, 0.717) is 12.5 Å². The maximum atomic E-state index is 11.4. The van der Waals surface area contributed by atoms with Gasteiger partial charge < -0.3 is 10.6 Å². The van der Waals surface area contributed by atoms with Crippen LogP contribution in [0.15, 0.2) is 0 Å². The van der Waals surface area contributed by atoms with Crippen LogP contribution in [0, 0.1) is 11.8 Å². The number of amides is 1. The first-order valence-electron chi connectivity index (χ1n) is 4.12. The third-order valence-corrected chi connectivity index (χ3v) is 2.55. The summed E-state index contributed by atoms with van der Waals surface area (Å²) < 4.78 is 0. The van der Waals surface area contributed by atoms with Gasteiger partial charge in [-0.1, -0.05) is 6.92 Å². The van der Waals surface area contributed by atoms with Crippen molar-refractivity contribution in [2.75, 3.05) is 20.1 Å². The zero-order valence-corrected chi connectivity index (χ0v) is 7.21. The second-order valence-electron chi connectivity index (χ2n) is 3.37. The highest BCUT2D eigenvalue weighted by Crippen LogP contribution is 2.21. The van der Waals surface area contributed by atoms with Gasteiger partial charge in [-0.05, 0) is 12.3 Å². The van der Waals surface area contributed by atoms with E-state index in [4.69, 9.17) is 5.73 Å². The summed E-state index contributed by atoms with van der Waals surface area (Å²) in [4.78, 5) is 13.2. The Kier molecular flexibility index (Phi) is 2.49. The second kappa shape index (κ2) is 3.22. The third kappa shape index (κ3) is 1.53. The summed E-state index contributed by atoms with van der Waals surface area (Å²) >= 11 is 0. The van der Waals surface area contributed by atoms with Gasteiger partial charge in [0.25, 0.3) is 0 Å². The van der Waals surface area contributed by atoms with Gasteiger partial charge in [-0.2, -0.15) is 0 Å². The number of hydrogen-bond acceptors (Lipinski definition) is 2. The normalized spacial score (nSPS) is 32.6. The molecule has 2 N–H and O–H groups in total. The molecule has 0 aromatic rings. The smallest absolute Gasteiger partial charge is 0.226 e. The minimum atomic E-state index is 0.0637. The molecular weight excluding hydrogens is 140 g/mol. The molecule has 0 aromatic carbocycles. The largest absolute Gasteiger partial charge is 0.345 e. The Bertz CT molecular complexity index is 158. The molecule has 64 valence electrons. The molecule has 0 bridgehead atoms. The van der Waals surface area contributed by atoms with Gasteiger partial charge in [-0.3, -0.25) is 4.79 Å². The van der Waals surface area contributed by atoms with Crippen LogP contribution < -0.4 is 5.73 Å². The van der Waals surface area contributed by atoms with Gasteiger partial charge in [0, 0.05) is 20.1 Å². The Hall–Kier alpha value is -0.570.